The first-order chi connectivity index (χ1) is 10.4. The van der Waals surface area contributed by atoms with Gasteiger partial charge in [0.2, 0.25) is 0 Å². The zero-order valence-corrected chi connectivity index (χ0v) is 13.8. The van der Waals surface area contributed by atoms with Gasteiger partial charge in [-0.05, 0) is 39.7 Å². The minimum atomic E-state index is -0.482. The minimum Gasteiger partial charge on any atom is -0.477 e. The fraction of sp³-hybridized carbons (Fsp3) is 0.556. The molecule has 4 heteroatoms. The van der Waals surface area contributed by atoms with Gasteiger partial charge in [0.15, 0.2) is 5.90 Å². The molecule has 1 aliphatic heterocycles. The van der Waals surface area contributed by atoms with E-state index in [1.165, 1.54) is 0 Å². The molecule has 0 saturated heterocycles. The summed E-state index contributed by atoms with van der Waals surface area (Å²) in [5, 5.41) is 0. The number of carbonyl (C=O) groups is 1. The van der Waals surface area contributed by atoms with E-state index in [1.54, 1.807) is 0 Å². The van der Waals surface area contributed by atoms with Crippen LogP contribution in [0.5, 0.6) is 0 Å². The van der Waals surface area contributed by atoms with Crippen LogP contribution in [0, 0.1) is 5.92 Å². The summed E-state index contributed by atoms with van der Waals surface area (Å²) in [6.07, 6.45) is 1.44. The largest absolute Gasteiger partial charge is 0.477 e. The number of esters is 1. The van der Waals surface area contributed by atoms with E-state index < -0.39 is 5.92 Å². The zero-order chi connectivity index (χ0) is 16.2. The third-order valence-electron chi connectivity index (χ3n) is 3.67. The standard InChI is InChI=1S/C18H25NO3/c1-5-21-17(20)15(11-14-9-7-6-8-10-14)16-19-18(3,4)12-13(2)22-16/h6-10,13,15H,5,11-12H2,1-4H3. The summed E-state index contributed by atoms with van der Waals surface area (Å²) in [6, 6.07) is 9.90. The molecule has 0 radical (unpaired) electrons. The maximum Gasteiger partial charge on any atom is 0.318 e. The van der Waals surface area contributed by atoms with E-state index in [9.17, 15) is 4.79 Å². The molecule has 22 heavy (non-hydrogen) atoms. The minimum absolute atomic E-state index is 0.0511. The van der Waals surface area contributed by atoms with E-state index in [1.807, 2.05) is 44.2 Å². The highest BCUT2D eigenvalue weighted by atomic mass is 16.5. The van der Waals surface area contributed by atoms with Gasteiger partial charge in [-0.3, -0.25) is 4.79 Å². The van der Waals surface area contributed by atoms with E-state index >= 15 is 0 Å². The third kappa shape index (κ3) is 4.33. The summed E-state index contributed by atoms with van der Waals surface area (Å²) < 4.78 is 11.1. The second-order valence-electron chi connectivity index (χ2n) is 6.39. The van der Waals surface area contributed by atoms with Gasteiger partial charge in [0, 0.05) is 6.42 Å². The molecule has 1 aromatic rings. The molecule has 0 N–H and O–H groups in total. The van der Waals surface area contributed by atoms with Gasteiger partial charge in [-0.15, -0.1) is 0 Å². The van der Waals surface area contributed by atoms with Gasteiger partial charge in [-0.25, -0.2) is 4.99 Å². The normalized spacial score (nSPS) is 21.5. The fourth-order valence-electron chi connectivity index (χ4n) is 2.85. The van der Waals surface area contributed by atoms with Crippen LogP contribution in [0.3, 0.4) is 0 Å². The topological polar surface area (TPSA) is 47.9 Å². The van der Waals surface area contributed by atoms with E-state index in [4.69, 9.17) is 9.47 Å². The second kappa shape index (κ2) is 6.95. The molecule has 4 nitrogen and oxygen atoms in total. The molecule has 0 aliphatic carbocycles. The van der Waals surface area contributed by atoms with Crippen LogP contribution in [0.2, 0.25) is 0 Å². The lowest BCUT2D eigenvalue weighted by atomic mass is 9.93. The van der Waals surface area contributed by atoms with Crippen LogP contribution < -0.4 is 0 Å². The fourth-order valence-corrected chi connectivity index (χ4v) is 2.85. The molecule has 0 bridgehead atoms. The van der Waals surface area contributed by atoms with Gasteiger partial charge in [0.25, 0.3) is 0 Å². The predicted molar refractivity (Wildman–Crippen MR) is 86.9 cm³/mol. The molecule has 0 aromatic heterocycles. The van der Waals surface area contributed by atoms with Crippen molar-refractivity contribution in [2.24, 2.45) is 10.9 Å². The SMILES string of the molecule is CCOC(=O)C(Cc1ccccc1)C1=NC(C)(C)CC(C)O1. The Balaban J connectivity index is 2.28. The van der Waals surface area contributed by atoms with Crippen molar-refractivity contribution >= 4 is 11.9 Å². The number of carbonyl (C=O) groups excluding carboxylic acids is 1. The quantitative estimate of drug-likeness (QED) is 0.783. The Hall–Kier alpha value is -1.84. The predicted octanol–water partition coefficient (Wildman–Crippen LogP) is 3.39. The Labute approximate surface area is 132 Å². The molecule has 0 fully saturated rings. The number of hydrogen-bond acceptors (Lipinski definition) is 4. The van der Waals surface area contributed by atoms with Crippen LogP contribution in [-0.4, -0.2) is 30.1 Å². The monoisotopic (exact) mass is 303 g/mol. The van der Waals surface area contributed by atoms with Gasteiger partial charge in [0.05, 0.1) is 18.2 Å². The van der Waals surface area contributed by atoms with Crippen LogP contribution >= 0.6 is 0 Å². The van der Waals surface area contributed by atoms with Crippen LogP contribution in [-0.2, 0) is 20.7 Å². The van der Waals surface area contributed by atoms with Gasteiger partial charge >= 0.3 is 5.97 Å². The second-order valence-corrected chi connectivity index (χ2v) is 6.39. The van der Waals surface area contributed by atoms with Crippen molar-refractivity contribution in [2.45, 2.75) is 52.2 Å². The molecule has 2 atom stereocenters. The Kier molecular flexibility index (Phi) is 5.22. The summed E-state index contributed by atoms with van der Waals surface area (Å²) in [4.78, 5) is 17.0. The highest BCUT2D eigenvalue weighted by Gasteiger charge is 2.35. The average Bonchev–Trinajstić information content (AvgIpc) is 2.44. The molecular weight excluding hydrogens is 278 g/mol. The van der Waals surface area contributed by atoms with Gasteiger partial charge in [-0.2, -0.15) is 0 Å². The van der Waals surface area contributed by atoms with Gasteiger partial charge < -0.3 is 9.47 Å². The first kappa shape index (κ1) is 16.5. The highest BCUT2D eigenvalue weighted by molar-refractivity contribution is 5.98. The summed E-state index contributed by atoms with van der Waals surface area (Å²) >= 11 is 0. The van der Waals surface area contributed by atoms with Gasteiger partial charge in [0.1, 0.15) is 5.92 Å². The molecular formula is C18H25NO3. The number of aliphatic imine (C=N–C) groups is 1. The van der Waals surface area contributed by atoms with Crippen molar-refractivity contribution in [1.29, 1.82) is 0 Å². The van der Waals surface area contributed by atoms with Crippen molar-refractivity contribution in [3.05, 3.63) is 35.9 Å². The molecule has 120 valence electrons. The maximum absolute atomic E-state index is 12.4. The molecule has 2 rings (SSSR count). The maximum atomic E-state index is 12.4. The highest BCUT2D eigenvalue weighted by Crippen LogP contribution is 2.27. The van der Waals surface area contributed by atoms with Crippen molar-refractivity contribution in [3.8, 4) is 0 Å². The number of ether oxygens (including phenoxy) is 2. The lowest BCUT2D eigenvalue weighted by Crippen LogP contribution is -2.40. The van der Waals surface area contributed by atoms with Crippen molar-refractivity contribution in [1.82, 2.24) is 0 Å². The molecule has 2 unspecified atom stereocenters. The molecule has 0 amide bonds. The third-order valence-corrected chi connectivity index (χ3v) is 3.67. The summed E-state index contributed by atoms with van der Waals surface area (Å²) in [6.45, 7) is 8.32. The molecule has 1 aromatic carbocycles. The van der Waals surface area contributed by atoms with E-state index in [-0.39, 0.29) is 17.6 Å². The molecule has 0 spiro atoms. The Morgan fingerprint density at radius 3 is 2.68 bits per heavy atom. The van der Waals surface area contributed by atoms with Crippen LogP contribution in [0.25, 0.3) is 0 Å². The van der Waals surface area contributed by atoms with Crippen molar-refractivity contribution < 1.29 is 14.3 Å². The van der Waals surface area contributed by atoms with Crippen LogP contribution in [0.15, 0.2) is 35.3 Å². The molecule has 0 saturated carbocycles. The number of rotatable bonds is 5. The van der Waals surface area contributed by atoms with Crippen molar-refractivity contribution in [2.75, 3.05) is 6.61 Å². The van der Waals surface area contributed by atoms with Gasteiger partial charge in [-0.1, -0.05) is 30.3 Å². The Morgan fingerprint density at radius 2 is 2.09 bits per heavy atom. The van der Waals surface area contributed by atoms with Crippen LogP contribution in [0.1, 0.15) is 39.7 Å². The van der Waals surface area contributed by atoms with Crippen molar-refractivity contribution in [3.63, 3.8) is 0 Å². The van der Waals surface area contributed by atoms with E-state index in [0.717, 1.165) is 12.0 Å². The first-order valence-corrected chi connectivity index (χ1v) is 7.88. The lowest BCUT2D eigenvalue weighted by molar-refractivity contribution is -0.146. The van der Waals surface area contributed by atoms with E-state index in [0.29, 0.717) is 18.9 Å². The summed E-state index contributed by atoms with van der Waals surface area (Å²) in [5.74, 6) is -0.245. The number of hydrogen-bond donors (Lipinski definition) is 0. The Morgan fingerprint density at radius 1 is 1.41 bits per heavy atom. The molecule has 1 heterocycles. The first-order valence-electron chi connectivity index (χ1n) is 7.88. The summed E-state index contributed by atoms with van der Waals surface area (Å²) in [7, 11) is 0. The zero-order valence-electron chi connectivity index (χ0n) is 13.8. The smallest absolute Gasteiger partial charge is 0.318 e. The van der Waals surface area contributed by atoms with Crippen LogP contribution in [0.4, 0.5) is 0 Å². The Bertz CT molecular complexity index is 537. The number of benzene rings is 1. The number of nitrogens with zero attached hydrogens (tertiary/aromatic N) is 1. The lowest BCUT2D eigenvalue weighted by Gasteiger charge is -2.33. The average molecular weight is 303 g/mol. The molecule has 1 aliphatic rings. The van der Waals surface area contributed by atoms with E-state index in [2.05, 4.69) is 18.8 Å². The summed E-state index contributed by atoms with van der Waals surface area (Å²) in [5.41, 5.74) is 0.858.